The van der Waals surface area contributed by atoms with E-state index in [1.54, 1.807) is 25.5 Å². The number of hydrogen-bond donors (Lipinski definition) is 0. The SMILES string of the molecule is CCOC(=O)C1=C(C)N=c2s/c(=C\c3ccc(OCc4ccc5c(c4)OCO5)cc3)c(=O)n2[C@H]1c1c(OC)ccc2ccccc12. The maximum atomic E-state index is 14.2. The van der Waals surface area contributed by atoms with Crippen molar-refractivity contribution in [1.29, 1.82) is 0 Å². The summed E-state index contributed by atoms with van der Waals surface area (Å²) in [5.41, 5.74) is 3.02. The van der Waals surface area contributed by atoms with Gasteiger partial charge in [0.15, 0.2) is 16.3 Å². The van der Waals surface area contributed by atoms with Crippen LogP contribution in [0.3, 0.4) is 0 Å². The second-order valence-electron chi connectivity index (χ2n) is 10.8. The normalized spacial score (nSPS) is 15.5. The summed E-state index contributed by atoms with van der Waals surface area (Å²) in [7, 11) is 1.58. The Hall–Kier alpha value is -5.35. The monoisotopic (exact) mass is 634 g/mol. The number of methoxy groups -OCH3 is 1. The van der Waals surface area contributed by atoms with E-state index in [0.717, 1.165) is 27.6 Å². The first-order chi connectivity index (χ1) is 22.4. The van der Waals surface area contributed by atoms with Gasteiger partial charge < -0.3 is 23.7 Å². The van der Waals surface area contributed by atoms with Gasteiger partial charge >= 0.3 is 5.97 Å². The van der Waals surface area contributed by atoms with Gasteiger partial charge in [-0.1, -0.05) is 59.9 Å². The molecule has 7 rings (SSSR count). The molecular formula is C36H30N2O7S. The molecule has 5 aromatic rings. The van der Waals surface area contributed by atoms with Crippen LogP contribution in [0.1, 0.15) is 36.6 Å². The highest BCUT2D eigenvalue weighted by Crippen LogP contribution is 2.40. The number of rotatable bonds is 8. The fourth-order valence-corrected chi connectivity index (χ4v) is 6.86. The standard InChI is InChI=1S/C36H30N2O7S/c1-4-42-35(40)31-21(2)37-36-38(33(31)32-26-8-6-5-7-24(26)12-16-28(32)41-3)34(39)30(46-36)18-22-9-13-25(14-10-22)43-19-23-11-15-27-29(17-23)45-20-44-27/h5-18,33H,4,19-20H2,1-3H3/b30-18-/t33-/m1/s1. The zero-order valence-corrected chi connectivity index (χ0v) is 26.3. The number of carbonyl (C=O) groups is 1. The molecule has 2 aliphatic heterocycles. The van der Waals surface area contributed by atoms with Crippen molar-refractivity contribution in [2.75, 3.05) is 20.5 Å². The maximum absolute atomic E-state index is 14.2. The third kappa shape index (κ3) is 5.30. The number of aromatic nitrogens is 1. The maximum Gasteiger partial charge on any atom is 0.338 e. The molecule has 0 fully saturated rings. The molecule has 46 heavy (non-hydrogen) atoms. The van der Waals surface area contributed by atoms with Crippen molar-refractivity contribution < 1.29 is 28.5 Å². The van der Waals surface area contributed by atoms with Crippen LogP contribution in [-0.4, -0.2) is 31.0 Å². The number of thiazole rings is 1. The Morgan fingerprint density at radius 2 is 1.85 bits per heavy atom. The number of hydrogen-bond acceptors (Lipinski definition) is 9. The van der Waals surface area contributed by atoms with Gasteiger partial charge in [0.2, 0.25) is 6.79 Å². The molecule has 0 saturated carbocycles. The van der Waals surface area contributed by atoms with Crippen molar-refractivity contribution in [1.82, 2.24) is 4.57 Å². The van der Waals surface area contributed by atoms with Gasteiger partial charge in [0.1, 0.15) is 24.1 Å². The van der Waals surface area contributed by atoms with Crippen molar-refractivity contribution in [2.24, 2.45) is 4.99 Å². The fraction of sp³-hybridized carbons (Fsp3) is 0.194. The first-order valence-corrected chi connectivity index (χ1v) is 15.6. The number of esters is 1. The van der Waals surface area contributed by atoms with Crippen LogP contribution in [0.2, 0.25) is 0 Å². The van der Waals surface area contributed by atoms with Crippen LogP contribution in [0.15, 0.2) is 99.9 Å². The molecule has 0 radical (unpaired) electrons. The molecule has 0 amide bonds. The van der Waals surface area contributed by atoms with Crippen LogP contribution in [0.25, 0.3) is 16.8 Å². The Morgan fingerprint density at radius 3 is 2.65 bits per heavy atom. The highest BCUT2D eigenvalue weighted by Gasteiger charge is 2.36. The van der Waals surface area contributed by atoms with E-state index < -0.39 is 12.0 Å². The smallest absolute Gasteiger partial charge is 0.338 e. The summed E-state index contributed by atoms with van der Waals surface area (Å²) in [6, 6.07) is 24.1. The summed E-state index contributed by atoms with van der Waals surface area (Å²) in [5.74, 6) is 2.17. The highest BCUT2D eigenvalue weighted by atomic mass is 32.1. The van der Waals surface area contributed by atoms with E-state index in [4.69, 9.17) is 28.7 Å². The Labute approximate surface area is 268 Å². The second kappa shape index (κ2) is 12.2. The van der Waals surface area contributed by atoms with Crippen LogP contribution >= 0.6 is 11.3 Å². The van der Waals surface area contributed by atoms with Crippen LogP contribution in [-0.2, 0) is 16.1 Å². The van der Waals surface area contributed by atoms with Crippen molar-refractivity contribution >= 4 is 34.2 Å². The Kier molecular flexibility index (Phi) is 7.79. The second-order valence-corrected chi connectivity index (χ2v) is 11.8. The highest BCUT2D eigenvalue weighted by molar-refractivity contribution is 7.07. The van der Waals surface area contributed by atoms with Crippen LogP contribution in [0.5, 0.6) is 23.0 Å². The van der Waals surface area contributed by atoms with Crippen LogP contribution in [0.4, 0.5) is 0 Å². The molecule has 0 aliphatic carbocycles. The van der Waals surface area contributed by atoms with E-state index in [1.165, 1.54) is 11.3 Å². The molecule has 3 heterocycles. The van der Waals surface area contributed by atoms with E-state index in [1.807, 2.05) is 84.9 Å². The lowest BCUT2D eigenvalue weighted by molar-refractivity contribution is -0.139. The summed E-state index contributed by atoms with van der Waals surface area (Å²) in [5, 5.41) is 1.83. The van der Waals surface area contributed by atoms with Gasteiger partial charge in [-0.2, -0.15) is 0 Å². The molecule has 1 aromatic heterocycles. The quantitative estimate of drug-likeness (QED) is 0.215. The molecule has 10 heteroatoms. The molecular weight excluding hydrogens is 604 g/mol. The summed E-state index contributed by atoms with van der Waals surface area (Å²) < 4.78 is 30.2. The van der Waals surface area contributed by atoms with Gasteiger partial charge in [0.25, 0.3) is 5.56 Å². The minimum Gasteiger partial charge on any atom is -0.496 e. The van der Waals surface area contributed by atoms with E-state index in [-0.39, 0.29) is 19.0 Å². The van der Waals surface area contributed by atoms with Gasteiger partial charge in [-0.15, -0.1) is 0 Å². The number of carbonyl (C=O) groups excluding carboxylic acids is 1. The molecule has 0 N–H and O–H groups in total. The molecule has 2 aliphatic rings. The number of benzene rings is 4. The molecule has 9 nitrogen and oxygen atoms in total. The lowest BCUT2D eigenvalue weighted by atomic mass is 9.90. The Bertz CT molecular complexity index is 2200. The van der Waals surface area contributed by atoms with E-state index in [2.05, 4.69) is 0 Å². The van der Waals surface area contributed by atoms with Crippen molar-refractivity contribution in [3.05, 3.63) is 127 Å². The molecule has 0 spiro atoms. The number of allylic oxidation sites excluding steroid dienone is 1. The van der Waals surface area contributed by atoms with Gasteiger partial charge in [-0.3, -0.25) is 9.36 Å². The fourth-order valence-electron chi connectivity index (χ4n) is 5.81. The molecule has 4 aromatic carbocycles. The third-order valence-corrected chi connectivity index (χ3v) is 8.94. The van der Waals surface area contributed by atoms with E-state index in [0.29, 0.717) is 50.0 Å². The van der Waals surface area contributed by atoms with Gasteiger partial charge in [-0.25, -0.2) is 9.79 Å². The summed E-state index contributed by atoms with van der Waals surface area (Å²) in [4.78, 5) is 32.9. The first kappa shape index (κ1) is 29.4. The summed E-state index contributed by atoms with van der Waals surface area (Å²) >= 11 is 1.27. The van der Waals surface area contributed by atoms with Crippen molar-refractivity contribution in [3.63, 3.8) is 0 Å². The number of nitrogens with zero attached hydrogens (tertiary/aromatic N) is 2. The van der Waals surface area contributed by atoms with Gasteiger partial charge in [0.05, 0.1) is 29.5 Å². The molecule has 0 unspecified atom stereocenters. The third-order valence-electron chi connectivity index (χ3n) is 7.96. The molecule has 0 saturated heterocycles. The number of fused-ring (bicyclic) bond motifs is 3. The van der Waals surface area contributed by atoms with Crippen LogP contribution in [0, 0.1) is 0 Å². The molecule has 1 atom stereocenters. The minimum absolute atomic E-state index is 0.190. The van der Waals surface area contributed by atoms with Gasteiger partial charge in [0, 0.05) is 5.56 Å². The Balaban J connectivity index is 1.26. The lowest BCUT2D eigenvalue weighted by Crippen LogP contribution is -2.40. The predicted molar refractivity (Wildman–Crippen MR) is 174 cm³/mol. The zero-order chi connectivity index (χ0) is 31.8. The summed E-state index contributed by atoms with van der Waals surface area (Å²) in [6.45, 7) is 4.31. The lowest BCUT2D eigenvalue weighted by Gasteiger charge is -2.27. The zero-order valence-electron chi connectivity index (χ0n) is 25.4. The Morgan fingerprint density at radius 1 is 1.04 bits per heavy atom. The van der Waals surface area contributed by atoms with Gasteiger partial charge in [-0.05, 0) is 72.2 Å². The van der Waals surface area contributed by atoms with E-state index in [9.17, 15) is 9.59 Å². The predicted octanol–water partition coefficient (Wildman–Crippen LogP) is 5.27. The van der Waals surface area contributed by atoms with Crippen molar-refractivity contribution in [2.45, 2.75) is 26.5 Å². The largest absolute Gasteiger partial charge is 0.496 e. The average molecular weight is 635 g/mol. The molecule has 0 bridgehead atoms. The summed E-state index contributed by atoms with van der Waals surface area (Å²) in [6.07, 6.45) is 1.83. The van der Waals surface area contributed by atoms with E-state index >= 15 is 0 Å². The number of ether oxygens (including phenoxy) is 5. The van der Waals surface area contributed by atoms with Crippen molar-refractivity contribution in [3.8, 4) is 23.0 Å². The first-order valence-electron chi connectivity index (χ1n) is 14.8. The minimum atomic E-state index is -0.801. The van der Waals surface area contributed by atoms with Crippen LogP contribution < -0.4 is 33.8 Å². The average Bonchev–Trinajstić information content (AvgIpc) is 3.66. The topological polar surface area (TPSA) is 97.6 Å². The molecule has 232 valence electrons.